The monoisotopic (exact) mass is 450 g/mol. The quantitative estimate of drug-likeness (QED) is 0.328. The second-order valence-corrected chi connectivity index (χ2v) is 7.47. The number of nitrogens with zero attached hydrogens (tertiary/aromatic N) is 4. The average molecular weight is 450 g/mol. The zero-order valence-corrected chi connectivity index (χ0v) is 19.0. The number of ether oxygens (including phenoxy) is 2. The van der Waals surface area contributed by atoms with Crippen molar-refractivity contribution >= 4 is 28.4 Å². The molecule has 4 rings (SSSR count). The Morgan fingerprint density at radius 1 is 0.848 bits per heavy atom. The molecule has 0 N–H and O–H groups in total. The number of methoxy groups -OCH3 is 2. The lowest BCUT2D eigenvalue weighted by molar-refractivity contribution is -0.110. The molecule has 0 saturated carbocycles. The molecule has 0 radical (unpaired) electrons. The van der Waals surface area contributed by atoms with Gasteiger partial charge in [0.05, 0.1) is 35.2 Å². The van der Waals surface area contributed by atoms with Gasteiger partial charge < -0.3 is 18.8 Å². The summed E-state index contributed by atoms with van der Waals surface area (Å²) in [6, 6.07) is 10.1. The molecule has 9 nitrogen and oxygen atoms in total. The van der Waals surface area contributed by atoms with E-state index < -0.39 is 6.29 Å². The first-order valence-corrected chi connectivity index (χ1v) is 10.3. The molecule has 0 unspecified atom stereocenters. The number of fused-ring (bicyclic) bond motifs is 2. The molecule has 4 aromatic rings. The second kappa shape index (κ2) is 10.8. The van der Waals surface area contributed by atoms with E-state index in [4.69, 9.17) is 9.47 Å². The van der Waals surface area contributed by atoms with E-state index in [2.05, 4.69) is 9.97 Å². The lowest BCUT2D eigenvalue weighted by Gasteiger charge is -2.16. The van der Waals surface area contributed by atoms with Gasteiger partial charge in [0.2, 0.25) is 0 Å². The molecule has 0 aromatic carbocycles. The normalized spacial score (nSPS) is 10.9. The number of pyridine rings is 4. The number of carbonyl (C=O) groups excluding carboxylic acids is 1. The summed E-state index contributed by atoms with van der Waals surface area (Å²) < 4.78 is 13.3. The van der Waals surface area contributed by atoms with E-state index in [0.717, 1.165) is 27.7 Å². The molecule has 33 heavy (non-hydrogen) atoms. The Labute approximate surface area is 190 Å². The second-order valence-electron chi connectivity index (χ2n) is 7.47. The predicted molar refractivity (Wildman–Crippen MR) is 125 cm³/mol. The summed E-state index contributed by atoms with van der Waals surface area (Å²) in [5.41, 5.74) is 4.71. The van der Waals surface area contributed by atoms with Crippen LogP contribution in [0.5, 0.6) is 0 Å². The Kier molecular flexibility index (Phi) is 7.81. The van der Waals surface area contributed by atoms with E-state index >= 15 is 0 Å². The molecule has 0 atom stereocenters. The molecule has 172 valence electrons. The molecule has 0 amide bonds. The third kappa shape index (κ3) is 5.57. The van der Waals surface area contributed by atoms with Gasteiger partial charge in [0.25, 0.3) is 11.1 Å². The van der Waals surface area contributed by atoms with Crippen molar-refractivity contribution < 1.29 is 14.3 Å². The number of aldehydes is 1. The van der Waals surface area contributed by atoms with Crippen LogP contribution in [0.3, 0.4) is 0 Å². The van der Waals surface area contributed by atoms with Crippen molar-refractivity contribution in [1.82, 2.24) is 19.1 Å². The lowest BCUT2D eigenvalue weighted by Crippen LogP contribution is -2.28. The number of rotatable bonds is 6. The third-order valence-electron chi connectivity index (χ3n) is 5.06. The van der Waals surface area contributed by atoms with Crippen LogP contribution in [0, 0.1) is 13.8 Å². The van der Waals surface area contributed by atoms with Crippen LogP contribution in [-0.4, -0.2) is 45.9 Å². The van der Waals surface area contributed by atoms with Gasteiger partial charge in [-0.2, -0.15) is 0 Å². The minimum Gasteiger partial charge on any atom is -0.354 e. The molecule has 0 spiro atoms. The topological polar surface area (TPSA) is 105 Å². The van der Waals surface area contributed by atoms with Gasteiger partial charge in [-0.3, -0.25) is 24.1 Å². The van der Waals surface area contributed by atoms with Gasteiger partial charge in [-0.05, 0) is 49.2 Å². The minimum atomic E-state index is -0.450. The number of aryl methyl sites for hydroxylation is 2. The largest absolute Gasteiger partial charge is 0.354 e. The lowest BCUT2D eigenvalue weighted by atomic mass is 10.2. The summed E-state index contributed by atoms with van der Waals surface area (Å²) >= 11 is 0. The molecule has 0 aliphatic rings. The Bertz CT molecular complexity index is 1390. The molecule has 0 saturated heterocycles. The van der Waals surface area contributed by atoms with Crippen molar-refractivity contribution in [2.24, 2.45) is 0 Å². The van der Waals surface area contributed by atoms with Crippen molar-refractivity contribution in [3.8, 4) is 0 Å². The van der Waals surface area contributed by atoms with Crippen LogP contribution < -0.4 is 11.1 Å². The maximum absolute atomic E-state index is 11.9. The van der Waals surface area contributed by atoms with Gasteiger partial charge in [0.1, 0.15) is 6.29 Å². The van der Waals surface area contributed by atoms with E-state index in [1.54, 1.807) is 43.3 Å². The van der Waals surface area contributed by atoms with E-state index in [1.165, 1.54) is 16.7 Å². The van der Waals surface area contributed by atoms with E-state index in [1.807, 2.05) is 26.0 Å². The first-order valence-electron chi connectivity index (χ1n) is 10.3. The zero-order valence-electron chi connectivity index (χ0n) is 19.0. The molecule has 4 aromatic heterocycles. The van der Waals surface area contributed by atoms with Gasteiger partial charge >= 0.3 is 0 Å². The Morgan fingerprint density at radius 3 is 1.82 bits per heavy atom. The summed E-state index contributed by atoms with van der Waals surface area (Å²) in [6.45, 7) is 4.25. The van der Waals surface area contributed by atoms with Gasteiger partial charge in [-0.1, -0.05) is 0 Å². The number of hydrogen-bond acceptors (Lipinski definition) is 7. The molecular weight excluding hydrogens is 424 g/mol. The average Bonchev–Trinajstić information content (AvgIpc) is 2.81. The van der Waals surface area contributed by atoms with E-state index in [0.29, 0.717) is 18.3 Å². The smallest absolute Gasteiger partial charge is 0.251 e. The van der Waals surface area contributed by atoms with Crippen LogP contribution in [0.4, 0.5) is 0 Å². The predicted octanol–water partition coefficient (Wildman–Crippen LogP) is 2.23. The van der Waals surface area contributed by atoms with Crippen molar-refractivity contribution in [3.05, 3.63) is 80.6 Å². The molecule has 0 fully saturated rings. The Balaban J connectivity index is 0.000000189. The molecule has 0 bridgehead atoms. The van der Waals surface area contributed by atoms with E-state index in [9.17, 15) is 14.4 Å². The van der Waals surface area contributed by atoms with Crippen LogP contribution >= 0.6 is 0 Å². The van der Waals surface area contributed by atoms with Gasteiger partial charge in [0, 0.05) is 38.7 Å². The molecule has 0 aliphatic heterocycles. The van der Waals surface area contributed by atoms with Crippen molar-refractivity contribution in [2.45, 2.75) is 33.2 Å². The zero-order chi connectivity index (χ0) is 24.0. The number of hydrogen-bond donors (Lipinski definition) is 0. The molecular formula is C24H26N4O5. The van der Waals surface area contributed by atoms with Crippen LogP contribution in [0.15, 0.2) is 58.4 Å². The van der Waals surface area contributed by atoms with Gasteiger partial charge in [-0.15, -0.1) is 0 Å². The van der Waals surface area contributed by atoms with Crippen LogP contribution in [0.25, 0.3) is 22.1 Å². The molecule has 9 heteroatoms. The fourth-order valence-electron chi connectivity index (χ4n) is 3.38. The Morgan fingerprint density at radius 2 is 1.33 bits per heavy atom. The summed E-state index contributed by atoms with van der Waals surface area (Å²) in [4.78, 5) is 42.4. The highest BCUT2D eigenvalue weighted by Gasteiger charge is 2.11. The molecule has 4 heterocycles. The summed E-state index contributed by atoms with van der Waals surface area (Å²) in [5, 5.41) is 0. The molecule has 0 aliphatic carbocycles. The first-order chi connectivity index (χ1) is 15.9. The highest BCUT2D eigenvalue weighted by atomic mass is 16.7. The number of aromatic nitrogens is 4. The van der Waals surface area contributed by atoms with E-state index in [-0.39, 0.29) is 17.7 Å². The fraction of sp³-hybridized carbons (Fsp3) is 0.292. The third-order valence-corrected chi connectivity index (χ3v) is 5.06. The highest BCUT2D eigenvalue weighted by molar-refractivity contribution is 5.76. The minimum absolute atomic E-state index is 0.0707. The SMILES string of the molecule is COC(Cn1c(=O)ccc2ncc(C)cc21)OC.Cc1cnc2ccc(=O)n(CC=O)c2c1. The van der Waals surface area contributed by atoms with Crippen LogP contribution in [0.1, 0.15) is 11.1 Å². The summed E-state index contributed by atoms with van der Waals surface area (Å²) in [6.07, 6.45) is 3.77. The maximum Gasteiger partial charge on any atom is 0.251 e. The Hall–Kier alpha value is -3.69. The first kappa shape index (κ1) is 24.0. The van der Waals surface area contributed by atoms with Crippen molar-refractivity contribution in [1.29, 1.82) is 0 Å². The summed E-state index contributed by atoms with van der Waals surface area (Å²) in [7, 11) is 3.10. The van der Waals surface area contributed by atoms with Crippen molar-refractivity contribution in [3.63, 3.8) is 0 Å². The summed E-state index contributed by atoms with van der Waals surface area (Å²) in [5.74, 6) is 0. The van der Waals surface area contributed by atoms with Crippen molar-refractivity contribution in [2.75, 3.05) is 14.2 Å². The van der Waals surface area contributed by atoms with Gasteiger partial charge in [-0.25, -0.2) is 0 Å². The van der Waals surface area contributed by atoms with Gasteiger partial charge in [0.15, 0.2) is 6.29 Å². The van der Waals surface area contributed by atoms with Crippen LogP contribution in [0.2, 0.25) is 0 Å². The highest BCUT2D eigenvalue weighted by Crippen LogP contribution is 2.12. The van der Waals surface area contributed by atoms with Crippen LogP contribution in [-0.2, 0) is 27.4 Å². The fourth-order valence-corrected chi connectivity index (χ4v) is 3.38. The standard InChI is InChI=1S/C13H16N2O3.C11H10N2O2/c1-9-6-11-10(14-7-9)4-5-12(16)15(11)8-13(17-2)18-3;1-8-6-10-9(12-7-8)2-3-11(15)13(10)4-5-14/h4-7,13H,8H2,1-3H3;2-3,5-7H,4H2,1H3. The maximum atomic E-state index is 11.9. The number of carbonyl (C=O) groups is 1.